The van der Waals surface area contributed by atoms with Crippen LogP contribution < -0.4 is 5.56 Å². The van der Waals surface area contributed by atoms with Gasteiger partial charge in [-0.3, -0.25) is 4.79 Å². The number of carboxylic acid groups (broad SMARTS) is 1. The Morgan fingerprint density at radius 3 is 2.68 bits per heavy atom. The average molecular weight is 327 g/mol. The number of carboxylic acids is 1. The number of carbonyl (C=O) groups is 1. The predicted octanol–water partition coefficient (Wildman–Crippen LogP) is 2.35. The summed E-state index contributed by atoms with van der Waals surface area (Å²) in [7, 11) is 0. The second kappa shape index (κ2) is 4.93. The van der Waals surface area contributed by atoms with Crippen molar-refractivity contribution in [2.24, 2.45) is 0 Å². The topological polar surface area (TPSA) is 83.0 Å². The van der Waals surface area contributed by atoms with Gasteiger partial charge in [0.2, 0.25) is 0 Å². The van der Waals surface area contributed by atoms with Crippen molar-refractivity contribution in [2.45, 2.75) is 6.92 Å². The number of aromatic nitrogens is 2. The number of nitrogens with one attached hydrogen (secondary N) is 1. The van der Waals surface area contributed by atoms with E-state index < -0.39 is 22.9 Å². The molecule has 0 aliphatic rings. The lowest BCUT2D eigenvalue weighted by molar-refractivity contribution is 0.0693. The van der Waals surface area contributed by atoms with Crippen molar-refractivity contribution in [2.75, 3.05) is 0 Å². The number of aromatic carboxylic acids is 1. The highest BCUT2D eigenvalue weighted by atomic mass is 79.9. The minimum Gasteiger partial charge on any atom is -0.477 e. The second-order valence-corrected chi connectivity index (χ2v) is 4.66. The molecule has 0 fully saturated rings. The molecule has 1 aromatic heterocycles. The van der Waals surface area contributed by atoms with Gasteiger partial charge in [-0.2, -0.15) is 0 Å². The molecule has 98 valence electrons. The number of benzene rings is 1. The fourth-order valence-electron chi connectivity index (χ4n) is 1.62. The van der Waals surface area contributed by atoms with E-state index in [9.17, 15) is 14.0 Å². The van der Waals surface area contributed by atoms with Crippen LogP contribution in [0.4, 0.5) is 4.39 Å². The van der Waals surface area contributed by atoms with E-state index in [0.29, 0.717) is 5.56 Å². The summed E-state index contributed by atoms with van der Waals surface area (Å²) in [5.74, 6) is -1.59. The molecule has 0 saturated carbocycles. The maximum atomic E-state index is 13.1. The van der Waals surface area contributed by atoms with Gasteiger partial charge in [0.25, 0.3) is 5.56 Å². The number of aryl methyl sites for hydroxylation is 1. The first-order chi connectivity index (χ1) is 8.90. The Morgan fingerprint density at radius 2 is 2.16 bits per heavy atom. The van der Waals surface area contributed by atoms with Crippen LogP contribution in [-0.4, -0.2) is 21.0 Å². The van der Waals surface area contributed by atoms with E-state index in [1.807, 2.05) is 0 Å². The molecule has 0 spiro atoms. The Hall–Kier alpha value is -2.02. The Labute approximate surface area is 115 Å². The molecule has 2 rings (SSSR count). The standard InChI is InChI=1S/C12H8BrFN2O3/c1-5-9(12(18)19)11(17)16-10(15-5)6-2-3-8(14)7(13)4-6/h2-4H,1H3,(H,18,19)(H,15,16,17). The molecular weight excluding hydrogens is 319 g/mol. The van der Waals surface area contributed by atoms with Crippen molar-refractivity contribution in [3.63, 3.8) is 0 Å². The van der Waals surface area contributed by atoms with E-state index in [4.69, 9.17) is 5.11 Å². The zero-order valence-corrected chi connectivity index (χ0v) is 11.3. The van der Waals surface area contributed by atoms with Crippen LogP contribution in [0.1, 0.15) is 16.1 Å². The predicted molar refractivity (Wildman–Crippen MR) is 69.6 cm³/mol. The lowest BCUT2D eigenvalue weighted by Crippen LogP contribution is -2.21. The fourth-order valence-corrected chi connectivity index (χ4v) is 2.00. The lowest BCUT2D eigenvalue weighted by atomic mass is 10.2. The first-order valence-corrected chi connectivity index (χ1v) is 5.99. The SMILES string of the molecule is Cc1nc(-c2ccc(F)c(Br)c2)[nH]c(=O)c1C(=O)O. The Kier molecular flexibility index (Phi) is 3.48. The van der Waals surface area contributed by atoms with Crippen LogP contribution in [0.3, 0.4) is 0 Å². The van der Waals surface area contributed by atoms with E-state index in [-0.39, 0.29) is 16.0 Å². The summed E-state index contributed by atoms with van der Waals surface area (Å²) in [4.78, 5) is 28.9. The molecule has 7 heteroatoms. The molecule has 0 amide bonds. The van der Waals surface area contributed by atoms with Gasteiger partial charge in [0.15, 0.2) is 0 Å². The largest absolute Gasteiger partial charge is 0.477 e. The maximum Gasteiger partial charge on any atom is 0.343 e. The Morgan fingerprint density at radius 1 is 1.47 bits per heavy atom. The molecule has 0 bridgehead atoms. The molecule has 0 aliphatic carbocycles. The number of aromatic amines is 1. The van der Waals surface area contributed by atoms with Crippen molar-refractivity contribution >= 4 is 21.9 Å². The highest BCUT2D eigenvalue weighted by Gasteiger charge is 2.15. The zero-order valence-electron chi connectivity index (χ0n) is 9.70. The molecule has 0 aliphatic heterocycles. The summed E-state index contributed by atoms with van der Waals surface area (Å²) in [6, 6.07) is 4.12. The molecule has 0 atom stereocenters. The van der Waals surface area contributed by atoms with E-state index in [0.717, 1.165) is 0 Å². The number of rotatable bonds is 2. The summed E-state index contributed by atoms with van der Waals surface area (Å²) in [6.07, 6.45) is 0. The highest BCUT2D eigenvalue weighted by molar-refractivity contribution is 9.10. The third-order valence-corrected chi connectivity index (χ3v) is 3.11. The van der Waals surface area contributed by atoms with Gasteiger partial charge >= 0.3 is 5.97 Å². The molecule has 2 N–H and O–H groups in total. The number of hydrogen-bond acceptors (Lipinski definition) is 3. The molecule has 0 saturated heterocycles. The molecule has 0 unspecified atom stereocenters. The van der Waals surface area contributed by atoms with E-state index >= 15 is 0 Å². The third kappa shape index (κ3) is 2.55. The molecule has 1 heterocycles. The van der Waals surface area contributed by atoms with Crippen LogP contribution in [0.5, 0.6) is 0 Å². The van der Waals surface area contributed by atoms with Gasteiger partial charge in [-0.1, -0.05) is 0 Å². The zero-order chi connectivity index (χ0) is 14.2. The Balaban J connectivity index is 2.61. The highest BCUT2D eigenvalue weighted by Crippen LogP contribution is 2.22. The van der Waals surface area contributed by atoms with Crippen molar-refractivity contribution in [1.82, 2.24) is 9.97 Å². The summed E-state index contributed by atoms with van der Waals surface area (Å²) in [5, 5.41) is 8.87. The lowest BCUT2D eigenvalue weighted by Gasteiger charge is -2.05. The summed E-state index contributed by atoms with van der Waals surface area (Å²) < 4.78 is 13.4. The average Bonchev–Trinajstić information content (AvgIpc) is 2.31. The summed E-state index contributed by atoms with van der Waals surface area (Å²) in [6.45, 7) is 1.43. The smallest absolute Gasteiger partial charge is 0.343 e. The van der Waals surface area contributed by atoms with Crippen LogP contribution in [-0.2, 0) is 0 Å². The normalized spacial score (nSPS) is 10.5. The van der Waals surface area contributed by atoms with Gasteiger partial charge in [-0.05, 0) is 41.1 Å². The van der Waals surface area contributed by atoms with Gasteiger partial charge in [-0.25, -0.2) is 14.2 Å². The van der Waals surface area contributed by atoms with Crippen molar-refractivity contribution < 1.29 is 14.3 Å². The first kappa shape index (κ1) is 13.4. The van der Waals surface area contributed by atoms with Crippen LogP contribution in [0, 0.1) is 12.7 Å². The number of H-pyrrole nitrogens is 1. The van der Waals surface area contributed by atoms with Gasteiger partial charge < -0.3 is 10.1 Å². The van der Waals surface area contributed by atoms with Gasteiger partial charge in [-0.15, -0.1) is 0 Å². The summed E-state index contributed by atoms with van der Waals surface area (Å²) in [5.41, 5.74) is -0.558. The number of hydrogen-bond donors (Lipinski definition) is 2. The molecule has 19 heavy (non-hydrogen) atoms. The fraction of sp³-hybridized carbons (Fsp3) is 0.0833. The van der Waals surface area contributed by atoms with Gasteiger partial charge in [0, 0.05) is 5.56 Å². The van der Waals surface area contributed by atoms with Crippen LogP contribution in [0.2, 0.25) is 0 Å². The van der Waals surface area contributed by atoms with E-state index in [1.54, 1.807) is 0 Å². The molecule has 1 aromatic carbocycles. The van der Waals surface area contributed by atoms with E-state index in [1.165, 1.54) is 25.1 Å². The molecule has 5 nitrogen and oxygen atoms in total. The monoisotopic (exact) mass is 326 g/mol. The minimum atomic E-state index is -1.34. The van der Waals surface area contributed by atoms with Crippen molar-refractivity contribution in [3.05, 3.63) is 50.1 Å². The van der Waals surface area contributed by atoms with Gasteiger partial charge in [0.05, 0.1) is 10.2 Å². The second-order valence-electron chi connectivity index (χ2n) is 3.81. The maximum absolute atomic E-state index is 13.1. The number of nitrogens with zero attached hydrogens (tertiary/aromatic N) is 1. The van der Waals surface area contributed by atoms with Crippen molar-refractivity contribution in [1.29, 1.82) is 0 Å². The van der Waals surface area contributed by atoms with Crippen molar-refractivity contribution in [3.8, 4) is 11.4 Å². The van der Waals surface area contributed by atoms with Crippen LogP contribution >= 0.6 is 15.9 Å². The minimum absolute atomic E-state index is 0.103. The van der Waals surface area contributed by atoms with Crippen LogP contribution in [0.15, 0.2) is 27.5 Å². The molecular formula is C12H8BrFN2O3. The third-order valence-electron chi connectivity index (χ3n) is 2.51. The molecule has 2 aromatic rings. The van der Waals surface area contributed by atoms with Crippen LogP contribution in [0.25, 0.3) is 11.4 Å². The molecule has 0 radical (unpaired) electrons. The number of halogens is 2. The first-order valence-electron chi connectivity index (χ1n) is 5.20. The van der Waals surface area contributed by atoms with E-state index in [2.05, 4.69) is 25.9 Å². The quantitative estimate of drug-likeness (QED) is 0.887. The Bertz CT molecular complexity index is 727. The summed E-state index contributed by atoms with van der Waals surface area (Å²) >= 11 is 3.03. The van der Waals surface area contributed by atoms with Gasteiger partial charge in [0.1, 0.15) is 17.2 Å².